The van der Waals surface area contributed by atoms with Gasteiger partial charge in [0.15, 0.2) is 22.4 Å². The Labute approximate surface area is 151 Å². The largest absolute Gasteiger partial charge is 0.493 e. The molecule has 0 atom stereocenters. The van der Waals surface area contributed by atoms with Crippen molar-refractivity contribution < 1.29 is 14.3 Å². The smallest absolute Gasteiger partial charge is 0.173 e. The molecule has 0 saturated heterocycles. The lowest BCUT2D eigenvalue weighted by molar-refractivity contribution is 0.102. The topological polar surface area (TPSA) is 53.3 Å². The molecule has 3 rings (SSSR count). The molecule has 6 heteroatoms. The number of thioether (sulfide) groups is 1. The summed E-state index contributed by atoms with van der Waals surface area (Å²) < 4.78 is 12.5. The fraction of sp³-hybridized carbons (Fsp3) is 0.263. The molecule has 1 heterocycles. The van der Waals surface area contributed by atoms with Crippen molar-refractivity contribution in [3.05, 3.63) is 47.5 Å². The van der Waals surface area contributed by atoms with Gasteiger partial charge in [0, 0.05) is 12.6 Å². The molecule has 1 aromatic heterocycles. The molecule has 0 spiro atoms. The van der Waals surface area contributed by atoms with Crippen LogP contribution in [0.2, 0.25) is 0 Å². The number of aryl methyl sites for hydroxylation is 2. The molecule has 0 saturated carbocycles. The minimum atomic E-state index is 0.0224. The number of benzene rings is 2. The van der Waals surface area contributed by atoms with Gasteiger partial charge in [-0.2, -0.15) is 0 Å². The Morgan fingerprint density at radius 1 is 1.12 bits per heavy atom. The predicted octanol–water partition coefficient (Wildman–Crippen LogP) is 3.87. The van der Waals surface area contributed by atoms with Crippen molar-refractivity contribution in [2.24, 2.45) is 7.05 Å². The van der Waals surface area contributed by atoms with Gasteiger partial charge in [0.2, 0.25) is 0 Å². The summed E-state index contributed by atoms with van der Waals surface area (Å²) in [5.41, 5.74) is 3.78. The number of hydrogen-bond acceptors (Lipinski definition) is 5. The van der Waals surface area contributed by atoms with Crippen LogP contribution in [0.4, 0.5) is 0 Å². The second kappa shape index (κ2) is 7.19. The fourth-order valence-electron chi connectivity index (χ4n) is 2.64. The maximum atomic E-state index is 12.5. The van der Waals surface area contributed by atoms with E-state index in [9.17, 15) is 4.79 Å². The van der Waals surface area contributed by atoms with Gasteiger partial charge < -0.3 is 14.0 Å². The number of carbonyl (C=O) groups is 1. The van der Waals surface area contributed by atoms with Crippen molar-refractivity contribution in [3.8, 4) is 11.5 Å². The Balaban J connectivity index is 1.77. The van der Waals surface area contributed by atoms with Gasteiger partial charge in [0.05, 0.1) is 31.0 Å². The Morgan fingerprint density at radius 2 is 1.88 bits per heavy atom. The van der Waals surface area contributed by atoms with E-state index in [1.807, 2.05) is 18.5 Å². The van der Waals surface area contributed by atoms with E-state index in [1.165, 1.54) is 17.3 Å². The summed E-state index contributed by atoms with van der Waals surface area (Å²) in [7, 11) is 5.10. The summed E-state index contributed by atoms with van der Waals surface area (Å²) in [4.78, 5) is 17.1. The van der Waals surface area contributed by atoms with Crippen LogP contribution in [0.15, 0.2) is 41.6 Å². The predicted molar refractivity (Wildman–Crippen MR) is 100 cm³/mol. The van der Waals surface area contributed by atoms with Crippen LogP contribution in [0.1, 0.15) is 15.9 Å². The first-order valence-electron chi connectivity index (χ1n) is 7.84. The minimum Gasteiger partial charge on any atom is -0.493 e. The molecule has 0 bridgehead atoms. The SMILES string of the molecule is COc1ccc(C(=O)CSc2nc3cc(C)ccc3n2C)cc1OC. The zero-order chi connectivity index (χ0) is 18.0. The third-order valence-corrected chi connectivity index (χ3v) is 5.06. The van der Waals surface area contributed by atoms with Crippen LogP contribution >= 0.6 is 11.8 Å². The quantitative estimate of drug-likeness (QED) is 0.496. The zero-order valence-corrected chi connectivity index (χ0v) is 15.5. The highest BCUT2D eigenvalue weighted by Gasteiger charge is 2.14. The maximum Gasteiger partial charge on any atom is 0.173 e. The van der Waals surface area contributed by atoms with Gasteiger partial charge in [-0.25, -0.2) is 4.98 Å². The van der Waals surface area contributed by atoms with Crippen molar-refractivity contribution in [1.29, 1.82) is 0 Å². The third kappa shape index (κ3) is 3.49. The summed E-state index contributed by atoms with van der Waals surface area (Å²) in [6.07, 6.45) is 0. The monoisotopic (exact) mass is 356 g/mol. The summed E-state index contributed by atoms with van der Waals surface area (Å²) in [6.45, 7) is 2.04. The highest BCUT2D eigenvalue weighted by molar-refractivity contribution is 7.99. The molecule has 0 N–H and O–H groups in total. The van der Waals surface area contributed by atoms with Gasteiger partial charge in [-0.1, -0.05) is 17.8 Å². The third-order valence-electron chi connectivity index (χ3n) is 4.03. The van der Waals surface area contributed by atoms with Gasteiger partial charge in [-0.15, -0.1) is 0 Å². The Kier molecular flexibility index (Phi) is 4.99. The molecule has 0 unspecified atom stereocenters. The molecule has 0 aliphatic rings. The average molecular weight is 356 g/mol. The van der Waals surface area contributed by atoms with E-state index < -0.39 is 0 Å². The van der Waals surface area contributed by atoms with Crippen molar-refractivity contribution >= 4 is 28.6 Å². The second-order valence-electron chi connectivity index (χ2n) is 5.73. The van der Waals surface area contributed by atoms with Gasteiger partial charge in [0.1, 0.15) is 0 Å². The first-order valence-corrected chi connectivity index (χ1v) is 8.83. The molecule has 0 aliphatic heterocycles. The Bertz CT molecular complexity index is 934. The number of carbonyl (C=O) groups excluding carboxylic acids is 1. The van der Waals surface area contributed by atoms with Crippen LogP contribution in [0.25, 0.3) is 11.0 Å². The lowest BCUT2D eigenvalue weighted by Crippen LogP contribution is -2.04. The lowest BCUT2D eigenvalue weighted by atomic mass is 10.1. The number of nitrogens with zero attached hydrogens (tertiary/aromatic N) is 2. The summed E-state index contributed by atoms with van der Waals surface area (Å²) in [5.74, 6) is 1.49. The first-order chi connectivity index (χ1) is 12.0. The molecular weight excluding hydrogens is 336 g/mol. The molecule has 3 aromatic rings. The van der Waals surface area contributed by atoms with E-state index in [1.54, 1.807) is 32.4 Å². The van der Waals surface area contributed by atoms with Crippen LogP contribution in [0.3, 0.4) is 0 Å². The van der Waals surface area contributed by atoms with Crippen molar-refractivity contribution in [2.45, 2.75) is 12.1 Å². The minimum absolute atomic E-state index is 0.0224. The number of hydrogen-bond donors (Lipinski definition) is 0. The average Bonchev–Trinajstić information content (AvgIpc) is 2.94. The normalized spacial score (nSPS) is 10.9. The lowest BCUT2D eigenvalue weighted by Gasteiger charge is -2.09. The molecule has 5 nitrogen and oxygen atoms in total. The van der Waals surface area contributed by atoms with E-state index in [2.05, 4.69) is 23.2 Å². The molecule has 2 aromatic carbocycles. The molecule has 0 radical (unpaired) electrons. The van der Waals surface area contributed by atoms with Gasteiger partial charge in [-0.05, 0) is 42.8 Å². The van der Waals surface area contributed by atoms with Gasteiger partial charge in [0.25, 0.3) is 0 Å². The number of ether oxygens (including phenoxy) is 2. The number of fused-ring (bicyclic) bond motifs is 1. The summed E-state index contributed by atoms with van der Waals surface area (Å²) >= 11 is 1.44. The van der Waals surface area contributed by atoms with Crippen molar-refractivity contribution in [2.75, 3.05) is 20.0 Å². The fourth-order valence-corrected chi connectivity index (χ4v) is 3.52. The molecule has 0 fully saturated rings. The maximum absolute atomic E-state index is 12.5. The number of methoxy groups -OCH3 is 2. The summed E-state index contributed by atoms with van der Waals surface area (Å²) in [6, 6.07) is 11.4. The zero-order valence-electron chi connectivity index (χ0n) is 14.7. The second-order valence-corrected chi connectivity index (χ2v) is 6.67. The van der Waals surface area contributed by atoms with Crippen LogP contribution in [-0.2, 0) is 7.05 Å². The Hall–Kier alpha value is -2.47. The van der Waals surface area contributed by atoms with Gasteiger partial charge in [-0.3, -0.25) is 4.79 Å². The first kappa shape index (κ1) is 17.4. The highest BCUT2D eigenvalue weighted by Crippen LogP contribution is 2.29. The van der Waals surface area contributed by atoms with Crippen LogP contribution in [-0.4, -0.2) is 35.3 Å². The number of aromatic nitrogens is 2. The molecule has 0 aliphatic carbocycles. The molecular formula is C19H20N2O3S. The van der Waals surface area contributed by atoms with E-state index in [-0.39, 0.29) is 5.78 Å². The van der Waals surface area contributed by atoms with E-state index in [0.717, 1.165) is 16.2 Å². The highest BCUT2D eigenvalue weighted by atomic mass is 32.2. The number of imidazole rings is 1. The number of Topliss-reactive ketones (excluding diaryl/α,β-unsaturated/α-hetero) is 1. The standard InChI is InChI=1S/C19H20N2O3S/c1-12-5-7-15-14(9-12)20-19(21(15)2)25-11-16(22)13-6-8-17(23-3)18(10-13)24-4/h5-10H,11H2,1-4H3. The van der Waals surface area contributed by atoms with Crippen LogP contribution < -0.4 is 9.47 Å². The van der Waals surface area contributed by atoms with Crippen LogP contribution in [0, 0.1) is 6.92 Å². The molecule has 25 heavy (non-hydrogen) atoms. The van der Waals surface area contributed by atoms with E-state index in [4.69, 9.17) is 9.47 Å². The number of rotatable bonds is 6. The van der Waals surface area contributed by atoms with Crippen LogP contribution in [0.5, 0.6) is 11.5 Å². The van der Waals surface area contributed by atoms with E-state index >= 15 is 0 Å². The molecule has 130 valence electrons. The molecule has 0 amide bonds. The van der Waals surface area contributed by atoms with E-state index in [0.29, 0.717) is 22.8 Å². The number of ketones is 1. The van der Waals surface area contributed by atoms with Gasteiger partial charge >= 0.3 is 0 Å². The van der Waals surface area contributed by atoms with Crippen molar-refractivity contribution in [1.82, 2.24) is 9.55 Å². The summed E-state index contributed by atoms with van der Waals surface area (Å²) in [5, 5.41) is 0.828. The van der Waals surface area contributed by atoms with Crippen molar-refractivity contribution in [3.63, 3.8) is 0 Å². The Morgan fingerprint density at radius 3 is 2.60 bits per heavy atom.